The zero-order valence-electron chi connectivity index (χ0n) is 17.1. The maximum Gasteiger partial charge on any atom is 0.350 e. The van der Waals surface area contributed by atoms with Crippen LogP contribution in [0.2, 0.25) is 0 Å². The molecule has 28 heavy (non-hydrogen) atoms. The standard InChI is InChI=1S/C20H28N4O3S/c1-5-27-19(25)16-15(21)14-12-10-20(2,3)23(4)11-13(12)17(22-18(14)28-16)24-6-8-26-9-7-24/h5-11,21H2,1-4H3/p+2. The number of morpholine rings is 1. The summed E-state index contributed by atoms with van der Waals surface area (Å²) in [5, 5.41) is 1.00. The quantitative estimate of drug-likeness (QED) is 0.732. The van der Waals surface area contributed by atoms with Crippen molar-refractivity contribution in [3.8, 4) is 0 Å². The van der Waals surface area contributed by atoms with Crippen LogP contribution in [0.4, 0.5) is 11.5 Å². The number of esters is 1. The van der Waals surface area contributed by atoms with Crippen molar-refractivity contribution in [2.75, 3.05) is 50.6 Å². The van der Waals surface area contributed by atoms with Gasteiger partial charge in [0.1, 0.15) is 24.5 Å². The van der Waals surface area contributed by atoms with Gasteiger partial charge in [-0.05, 0) is 26.3 Å². The molecule has 2 aliphatic rings. The number of likely N-dealkylation sites (N-methyl/N-ethyl adjacent to an activating group) is 1. The van der Waals surface area contributed by atoms with E-state index in [0.717, 1.165) is 55.3 Å². The van der Waals surface area contributed by atoms with Gasteiger partial charge < -0.3 is 20.1 Å². The van der Waals surface area contributed by atoms with Gasteiger partial charge in [-0.25, -0.2) is 9.78 Å². The fourth-order valence-corrected chi connectivity index (χ4v) is 5.24. The lowest BCUT2D eigenvalue weighted by Gasteiger charge is -2.38. The van der Waals surface area contributed by atoms with Gasteiger partial charge in [0.15, 0.2) is 4.83 Å². The number of ether oxygens (including phenoxy) is 2. The van der Waals surface area contributed by atoms with E-state index >= 15 is 0 Å². The van der Waals surface area contributed by atoms with Gasteiger partial charge in [0, 0.05) is 6.42 Å². The Kier molecular flexibility index (Phi) is 4.97. The second-order valence-electron chi connectivity index (χ2n) is 8.32. The molecule has 7 nitrogen and oxygen atoms in total. The van der Waals surface area contributed by atoms with Gasteiger partial charge in [-0.3, -0.25) is 4.90 Å². The zero-order chi connectivity index (χ0) is 20.1. The Morgan fingerprint density at radius 1 is 1.36 bits per heavy atom. The Labute approximate surface area is 169 Å². The van der Waals surface area contributed by atoms with Crippen molar-refractivity contribution in [1.82, 2.24) is 0 Å². The Hall–Kier alpha value is -1.90. The van der Waals surface area contributed by atoms with E-state index in [1.165, 1.54) is 27.4 Å². The summed E-state index contributed by atoms with van der Waals surface area (Å²) in [5.74, 6) is 0.811. The first-order valence-corrected chi connectivity index (χ1v) is 10.8. The SMILES string of the molecule is CCOC(=O)c1sc2[nH+]c(N3CCOCC3)c3c(c2c1N)CC(C)(C)[NH+](C)C3. The Morgan fingerprint density at radius 2 is 2.07 bits per heavy atom. The number of carbonyl (C=O) groups is 1. The summed E-state index contributed by atoms with van der Waals surface area (Å²) in [6, 6.07) is 0. The van der Waals surface area contributed by atoms with Crippen LogP contribution in [0.25, 0.3) is 10.2 Å². The lowest BCUT2D eigenvalue weighted by Crippen LogP contribution is -3.16. The van der Waals surface area contributed by atoms with Crippen LogP contribution in [0, 0.1) is 0 Å². The van der Waals surface area contributed by atoms with Crippen molar-refractivity contribution < 1.29 is 24.2 Å². The average molecular weight is 407 g/mol. The molecule has 1 atom stereocenters. The smallest absolute Gasteiger partial charge is 0.350 e. The Bertz CT molecular complexity index is 918. The molecule has 0 spiro atoms. The lowest BCUT2D eigenvalue weighted by atomic mass is 9.84. The number of thiophene rings is 1. The number of aromatic nitrogens is 1. The highest BCUT2D eigenvalue weighted by Crippen LogP contribution is 2.39. The van der Waals surface area contributed by atoms with E-state index in [2.05, 4.69) is 30.8 Å². The van der Waals surface area contributed by atoms with Crippen LogP contribution >= 0.6 is 11.3 Å². The third kappa shape index (κ3) is 3.13. The first-order valence-electron chi connectivity index (χ1n) is 9.95. The van der Waals surface area contributed by atoms with E-state index in [1.807, 2.05) is 6.92 Å². The van der Waals surface area contributed by atoms with Crippen LogP contribution in [0.15, 0.2) is 0 Å². The molecule has 1 fully saturated rings. The van der Waals surface area contributed by atoms with E-state index < -0.39 is 0 Å². The number of hydrogen-bond donors (Lipinski definition) is 2. The van der Waals surface area contributed by atoms with Gasteiger partial charge in [-0.1, -0.05) is 11.3 Å². The maximum atomic E-state index is 12.4. The van der Waals surface area contributed by atoms with Gasteiger partial charge in [-0.15, -0.1) is 0 Å². The Balaban J connectivity index is 1.93. The molecule has 0 radical (unpaired) electrons. The molecule has 4 rings (SSSR count). The van der Waals surface area contributed by atoms with Crippen LogP contribution in [0.3, 0.4) is 0 Å². The normalized spacial score (nSPS) is 21.6. The van der Waals surface area contributed by atoms with Crippen molar-refractivity contribution >= 4 is 39.0 Å². The maximum absolute atomic E-state index is 12.4. The highest BCUT2D eigenvalue weighted by Gasteiger charge is 2.41. The predicted octanol–water partition coefficient (Wildman–Crippen LogP) is 0.660. The second kappa shape index (κ2) is 7.17. The highest BCUT2D eigenvalue weighted by molar-refractivity contribution is 7.20. The number of nitrogens with two attached hydrogens (primary N) is 1. The number of nitrogen functional groups attached to an aromatic ring is 1. The van der Waals surface area contributed by atoms with Gasteiger partial charge in [-0.2, -0.15) is 0 Å². The highest BCUT2D eigenvalue weighted by atomic mass is 32.1. The van der Waals surface area contributed by atoms with Crippen LogP contribution in [0.1, 0.15) is 41.6 Å². The molecule has 0 saturated carbocycles. The third-order valence-corrected chi connectivity index (χ3v) is 7.23. The van der Waals surface area contributed by atoms with Crippen molar-refractivity contribution in [2.24, 2.45) is 0 Å². The molecule has 2 aromatic rings. The minimum atomic E-state index is -0.339. The van der Waals surface area contributed by atoms with E-state index in [-0.39, 0.29) is 11.5 Å². The van der Waals surface area contributed by atoms with Crippen molar-refractivity contribution in [3.63, 3.8) is 0 Å². The van der Waals surface area contributed by atoms with Gasteiger partial charge in [0.05, 0.1) is 49.0 Å². The molecule has 2 aromatic heterocycles. The topological polar surface area (TPSA) is 83.4 Å². The summed E-state index contributed by atoms with van der Waals surface area (Å²) < 4.78 is 10.8. The number of nitrogens with zero attached hydrogens (tertiary/aromatic N) is 1. The first-order chi connectivity index (χ1) is 13.3. The Morgan fingerprint density at radius 3 is 2.75 bits per heavy atom. The van der Waals surface area contributed by atoms with Crippen LogP contribution < -0.4 is 20.5 Å². The molecular formula is C20H30N4O3S+2. The molecule has 2 aliphatic heterocycles. The molecule has 1 unspecified atom stereocenters. The van der Waals surface area contributed by atoms with Gasteiger partial charge in [0.2, 0.25) is 0 Å². The summed E-state index contributed by atoms with van der Waals surface area (Å²) in [4.78, 5) is 21.3. The largest absolute Gasteiger partial charge is 0.462 e. The van der Waals surface area contributed by atoms with Crippen molar-refractivity contribution in [3.05, 3.63) is 16.0 Å². The summed E-state index contributed by atoms with van der Waals surface area (Å²) >= 11 is 1.40. The number of nitrogens with one attached hydrogen (secondary N) is 2. The second-order valence-corrected chi connectivity index (χ2v) is 9.34. The summed E-state index contributed by atoms with van der Waals surface area (Å²) in [7, 11) is 2.25. The number of rotatable bonds is 3. The third-order valence-electron chi connectivity index (χ3n) is 6.13. The molecule has 0 aliphatic carbocycles. The molecule has 4 heterocycles. The van der Waals surface area contributed by atoms with Crippen molar-refractivity contribution in [1.29, 1.82) is 0 Å². The number of hydrogen-bond acceptors (Lipinski definition) is 6. The molecular weight excluding hydrogens is 376 g/mol. The molecule has 0 amide bonds. The molecule has 0 bridgehead atoms. The predicted molar refractivity (Wildman–Crippen MR) is 110 cm³/mol. The zero-order valence-corrected chi connectivity index (χ0v) is 17.9. The summed E-state index contributed by atoms with van der Waals surface area (Å²) in [6.45, 7) is 10.8. The molecule has 8 heteroatoms. The monoisotopic (exact) mass is 406 g/mol. The van der Waals surface area contributed by atoms with Crippen molar-refractivity contribution in [2.45, 2.75) is 39.3 Å². The lowest BCUT2D eigenvalue weighted by molar-refractivity contribution is -0.945. The minimum absolute atomic E-state index is 0.0992. The van der Waals surface area contributed by atoms with E-state index in [1.54, 1.807) is 0 Å². The van der Waals surface area contributed by atoms with Gasteiger partial charge >= 0.3 is 5.97 Å². The van der Waals surface area contributed by atoms with E-state index in [0.29, 0.717) is 17.2 Å². The first kappa shape index (κ1) is 19.4. The molecule has 4 N–H and O–H groups in total. The number of carbonyl (C=O) groups excluding carboxylic acids is 1. The molecule has 0 aromatic carbocycles. The molecule has 152 valence electrons. The number of quaternary nitrogens is 1. The van der Waals surface area contributed by atoms with E-state index in [9.17, 15) is 4.79 Å². The fraction of sp³-hybridized carbons (Fsp3) is 0.600. The summed E-state index contributed by atoms with van der Waals surface area (Å²) in [6.07, 6.45) is 0.917. The van der Waals surface area contributed by atoms with Crippen LogP contribution in [0.5, 0.6) is 0 Å². The number of pyridine rings is 1. The van der Waals surface area contributed by atoms with E-state index in [4.69, 9.17) is 15.2 Å². The van der Waals surface area contributed by atoms with Gasteiger partial charge in [0.25, 0.3) is 5.82 Å². The number of anilines is 2. The van der Waals surface area contributed by atoms with Crippen LogP contribution in [-0.2, 0) is 22.4 Å². The fourth-order valence-electron chi connectivity index (χ4n) is 4.20. The van der Waals surface area contributed by atoms with Crippen LogP contribution in [-0.4, -0.2) is 51.5 Å². The molecule has 1 saturated heterocycles. The number of H-pyrrole nitrogens is 1. The summed E-state index contributed by atoms with van der Waals surface area (Å²) in [5.41, 5.74) is 9.73. The number of fused-ring (bicyclic) bond motifs is 3. The average Bonchev–Trinajstić information content (AvgIpc) is 3.00. The minimum Gasteiger partial charge on any atom is -0.462 e. The number of aromatic amines is 1.